The van der Waals surface area contributed by atoms with Crippen LogP contribution in [0.25, 0.3) is 88.2 Å². The van der Waals surface area contributed by atoms with E-state index in [1.54, 1.807) is 0 Å². The van der Waals surface area contributed by atoms with Crippen molar-refractivity contribution in [3.8, 4) is 22.6 Å². The van der Waals surface area contributed by atoms with E-state index in [1.807, 2.05) is 0 Å². The zero-order valence-electron chi connectivity index (χ0n) is 26.5. The topological polar surface area (TPSA) is 26.9 Å². The van der Waals surface area contributed by atoms with Crippen molar-refractivity contribution in [1.82, 2.24) is 9.13 Å². The Morgan fingerprint density at radius 2 is 1.27 bits per heavy atom. The van der Waals surface area contributed by atoms with E-state index in [-0.39, 0.29) is 6.71 Å². The molecular formula is C43H27BN3O+. The molecule has 0 spiro atoms. The summed E-state index contributed by atoms with van der Waals surface area (Å²) in [7, 11) is 2.11. The Morgan fingerprint density at radius 3 is 2.04 bits per heavy atom. The number of benzene rings is 6. The average molecular weight is 613 g/mol. The number of para-hydroxylation sites is 3. The molecule has 4 nitrogen and oxygen atoms in total. The molecule has 0 amide bonds. The number of hydrogen-bond acceptors (Lipinski definition) is 1. The molecular weight excluding hydrogens is 585 g/mol. The van der Waals surface area contributed by atoms with E-state index in [9.17, 15) is 0 Å². The minimum Gasteiger partial charge on any atom is -0.455 e. The van der Waals surface area contributed by atoms with Gasteiger partial charge in [0.25, 0.3) is 6.71 Å². The Bertz CT molecular complexity index is 3100. The van der Waals surface area contributed by atoms with Crippen molar-refractivity contribution >= 4 is 88.7 Å². The van der Waals surface area contributed by atoms with Crippen LogP contribution in [0.15, 0.2) is 132 Å². The highest BCUT2D eigenvalue weighted by atomic mass is 16.3. The van der Waals surface area contributed by atoms with Crippen molar-refractivity contribution in [2.45, 2.75) is 6.92 Å². The highest BCUT2D eigenvalue weighted by Crippen LogP contribution is 2.43. The van der Waals surface area contributed by atoms with Crippen molar-refractivity contribution in [3.63, 3.8) is 0 Å². The number of furan rings is 1. The molecule has 6 aromatic carbocycles. The standard InChI is InChI=1S/C43H27BN3O/c1-24-18-19-27-28-22-37-32(23-38(28)48-43(27)39(24)36-17-9-10-20-45(36)2)44-31-13-5-8-16-35(31)46-33-14-6-3-11-25(33)29-21-30-26-12-4-7-15-34(26)47(37)42(30)40(44)41(29)46/h3-23H,1-2H3/q+1. The van der Waals surface area contributed by atoms with Gasteiger partial charge >= 0.3 is 0 Å². The molecule has 0 saturated heterocycles. The summed E-state index contributed by atoms with van der Waals surface area (Å²) in [6.45, 7) is 2.25. The first-order valence-corrected chi connectivity index (χ1v) is 16.7. The molecule has 2 aliphatic heterocycles. The molecule has 0 aliphatic carbocycles. The van der Waals surface area contributed by atoms with Crippen LogP contribution in [-0.2, 0) is 7.05 Å². The third-order valence-electron chi connectivity index (χ3n) is 11.3. The first kappa shape index (κ1) is 25.1. The smallest absolute Gasteiger partial charge is 0.252 e. The maximum absolute atomic E-state index is 6.97. The molecule has 5 heteroatoms. The zero-order chi connectivity index (χ0) is 31.4. The molecule has 0 radical (unpaired) electrons. The van der Waals surface area contributed by atoms with Gasteiger partial charge in [-0.1, -0.05) is 66.7 Å². The van der Waals surface area contributed by atoms with Gasteiger partial charge in [0.1, 0.15) is 18.2 Å². The first-order chi connectivity index (χ1) is 23.7. The summed E-state index contributed by atoms with van der Waals surface area (Å²) < 4.78 is 14.2. The van der Waals surface area contributed by atoms with Crippen LogP contribution in [-0.4, -0.2) is 15.8 Å². The minimum absolute atomic E-state index is 0.0711. The molecule has 0 bridgehead atoms. The average Bonchev–Trinajstić information content (AvgIpc) is 3.77. The van der Waals surface area contributed by atoms with E-state index in [4.69, 9.17) is 4.42 Å². The number of fused-ring (bicyclic) bond motifs is 15. The van der Waals surface area contributed by atoms with Gasteiger partial charge in [0, 0.05) is 55.8 Å². The normalized spacial score (nSPS) is 13.2. The molecule has 0 saturated carbocycles. The summed E-state index contributed by atoms with van der Waals surface area (Å²) in [6, 6.07) is 44.9. The van der Waals surface area contributed by atoms with Crippen LogP contribution in [0.5, 0.6) is 0 Å². The largest absolute Gasteiger partial charge is 0.455 e. The van der Waals surface area contributed by atoms with Crippen molar-refractivity contribution in [2.75, 3.05) is 0 Å². The van der Waals surface area contributed by atoms with Crippen LogP contribution in [0.3, 0.4) is 0 Å². The number of pyridine rings is 1. The van der Waals surface area contributed by atoms with Gasteiger partial charge in [0.2, 0.25) is 5.69 Å². The van der Waals surface area contributed by atoms with Gasteiger partial charge in [0.05, 0.1) is 27.6 Å². The highest BCUT2D eigenvalue weighted by Gasteiger charge is 2.41. The molecule has 0 atom stereocenters. The summed E-state index contributed by atoms with van der Waals surface area (Å²) in [5, 5.41) is 7.53. The summed E-state index contributed by atoms with van der Waals surface area (Å²) >= 11 is 0. The van der Waals surface area contributed by atoms with Gasteiger partial charge in [0.15, 0.2) is 6.20 Å². The molecule has 2 aliphatic rings. The fourth-order valence-corrected chi connectivity index (χ4v) is 9.31. The van der Waals surface area contributed by atoms with E-state index < -0.39 is 0 Å². The van der Waals surface area contributed by atoms with Crippen molar-refractivity contribution in [3.05, 3.63) is 133 Å². The van der Waals surface area contributed by atoms with E-state index in [0.29, 0.717) is 0 Å². The van der Waals surface area contributed by atoms with E-state index >= 15 is 0 Å². The second-order valence-corrected chi connectivity index (χ2v) is 13.6. The summed E-state index contributed by atoms with van der Waals surface area (Å²) in [4.78, 5) is 0. The zero-order valence-corrected chi connectivity index (χ0v) is 26.5. The third kappa shape index (κ3) is 2.80. The predicted molar refractivity (Wildman–Crippen MR) is 198 cm³/mol. The van der Waals surface area contributed by atoms with Crippen molar-refractivity contribution in [2.24, 2.45) is 7.05 Å². The second kappa shape index (κ2) is 8.44. The lowest BCUT2D eigenvalue weighted by atomic mass is 9.34. The van der Waals surface area contributed by atoms with Gasteiger partial charge in [-0.3, -0.25) is 0 Å². The SMILES string of the molecule is Cc1ccc2c(oc3cc4c(cc32)-n2c3ccccc3c3cc5c6ccccc6n6c5c(c32)B4c2ccccc2-6)c1-c1cccc[n+]1C. The summed E-state index contributed by atoms with van der Waals surface area (Å²) in [6.07, 6.45) is 2.11. The van der Waals surface area contributed by atoms with Gasteiger partial charge in [-0.15, -0.1) is 0 Å². The number of rotatable bonds is 1. The maximum atomic E-state index is 6.97. The van der Waals surface area contributed by atoms with Crippen LogP contribution >= 0.6 is 0 Å². The number of aromatic nitrogens is 3. The lowest BCUT2D eigenvalue weighted by Gasteiger charge is -2.32. The van der Waals surface area contributed by atoms with Crippen LogP contribution in [0.2, 0.25) is 0 Å². The van der Waals surface area contributed by atoms with E-state index in [2.05, 4.69) is 155 Å². The van der Waals surface area contributed by atoms with Gasteiger partial charge in [-0.2, -0.15) is 0 Å². The monoisotopic (exact) mass is 612 g/mol. The molecule has 0 unspecified atom stereocenters. The van der Waals surface area contributed by atoms with Crippen molar-refractivity contribution in [1.29, 1.82) is 0 Å². The Balaban J connectivity index is 1.30. The molecule has 12 rings (SSSR count). The summed E-state index contributed by atoms with van der Waals surface area (Å²) in [5.74, 6) is 0. The molecule has 10 aromatic rings. The lowest BCUT2D eigenvalue weighted by molar-refractivity contribution is -0.660. The lowest BCUT2D eigenvalue weighted by Crippen LogP contribution is -2.59. The van der Waals surface area contributed by atoms with Crippen LogP contribution in [0.1, 0.15) is 5.56 Å². The van der Waals surface area contributed by atoms with Gasteiger partial charge in [-0.25, -0.2) is 4.57 Å². The second-order valence-electron chi connectivity index (χ2n) is 13.6. The number of hydrogen-bond donors (Lipinski definition) is 0. The van der Waals surface area contributed by atoms with Crippen molar-refractivity contribution < 1.29 is 8.98 Å². The Labute approximate surface area is 275 Å². The fraction of sp³-hybridized carbons (Fsp3) is 0.0465. The summed E-state index contributed by atoms with van der Waals surface area (Å²) in [5.41, 5.74) is 17.0. The Morgan fingerprint density at radius 1 is 0.583 bits per heavy atom. The van der Waals surface area contributed by atoms with Crippen LogP contribution < -0.4 is 21.0 Å². The van der Waals surface area contributed by atoms with E-state index in [1.165, 1.54) is 76.9 Å². The van der Waals surface area contributed by atoms with Gasteiger partial charge in [-0.05, 0) is 71.3 Å². The highest BCUT2D eigenvalue weighted by molar-refractivity contribution is 7.00. The van der Waals surface area contributed by atoms with Gasteiger partial charge < -0.3 is 13.6 Å². The third-order valence-corrected chi connectivity index (χ3v) is 11.3. The molecule has 0 N–H and O–H groups in total. The predicted octanol–water partition coefficient (Wildman–Crippen LogP) is 7.72. The number of aryl methyl sites for hydroxylation is 2. The fourth-order valence-electron chi connectivity index (χ4n) is 9.31. The first-order valence-electron chi connectivity index (χ1n) is 16.7. The molecule has 6 heterocycles. The Kier molecular flexibility index (Phi) is 4.41. The molecule has 4 aromatic heterocycles. The van der Waals surface area contributed by atoms with E-state index in [0.717, 1.165) is 33.2 Å². The molecule has 48 heavy (non-hydrogen) atoms. The molecule has 222 valence electrons. The minimum atomic E-state index is 0.0711. The Hall–Kier alpha value is -6.07. The van der Waals surface area contributed by atoms with Crippen LogP contribution in [0.4, 0.5) is 0 Å². The molecule has 0 fully saturated rings. The van der Waals surface area contributed by atoms with Crippen LogP contribution in [0, 0.1) is 6.92 Å². The quantitative estimate of drug-likeness (QED) is 0.138. The maximum Gasteiger partial charge on any atom is 0.252 e. The number of nitrogens with zero attached hydrogens (tertiary/aromatic N) is 3.